The van der Waals surface area contributed by atoms with E-state index in [0.717, 1.165) is 33.8 Å². The molecule has 160 valence electrons. The van der Waals surface area contributed by atoms with Crippen LogP contribution < -0.4 is 9.80 Å². The molecule has 0 unspecified atom stereocenters. The Morgan fingerprint density at radius 3 is 2.09 bits per heavy atom. The molecule has 3 aromatic rings. The quantitative estimate of drug-likeness (QED) is 0.310. The van der Waals surface area contributed by atoms with Crippen LogP contribution in [0.15, 0.2) is 84.4 Å². The van der Waals surface area contributed by atoms with Crippen molar-refractivity contribution in [2.45, 2.75) is 6.92 Å². The van der Waals surface area contributed by atoms with E-state index in [-0.39, 0.29) is 11.6 Å². The molecule has 1 aliphatic rings. The smallest absolute Gasteiger partial charge is 0.269 e. The Labute approximate surface area is 186 Å². The lowest BCUT2D eigenvalue weighted by Gasteiger charge is -2.22. The number of aryl methyl sites for hydroxylation is 1. The van der Waals surface area contributed by atoms with Crippen LogP contribution >= 0.6 is 0 Å². The molecule has 4 rings (SSSR count). The first-order valence-electron chi connectivity index (χ1n) is 10.2. The lowest BCUT2D eigenvalue weighted by Crippen LogP contribution is -2.25. The van der Waals surface area contributed by atoms with Crippen molar-refractivity contribution in [1.82, 2.24) is 0 Å². The number of amides is 1. The first-order valence-corrected chi connectivity index (χ1v) is 10.2. The van der Waals surface area contributed by atoms with Crippen molar-refractivity contribution >= 4 is 34.7 Å². The van der Waals surface area contributed by atoms with E-state index in [1.165, 1.54) is 12.1 Å². The fourth-order valence-corrected chi connectivity index (χ4v) is 3.58. The van der Waals surface area contributed by atoms with Gasteiger partial charge in [0.2, 0.25) is 0 Å². The number of benzene rings is 3. The molecule has 3 aromatic carbocycles. The van der Waals surface area contributed by atoms with E-state index in [2.05, 4.69) is 0 Å². The molecule has 32 heavy (non-hydrogen) atoms. The summed E-state index contributed by atoms with van der Waals surface area (Å²) in [7, 11) is 3.94. The first kappa shape index (κ1) is 21.1. The number of non-ortho nitro benzene ring substituents is 1. The fraction of sp³-hybridized carbons (Fsp3) is 0.115. The molecule has 0 saturated carbocycles. The van der Waals surface area contributed by atoms with E-state index in [1.54, 1.807) is 23.1 Å². The Morgan fingerprint density at radius 1 is 0.906 bits per heavy atom. The Bertz CT molecular complexity index is 1220. The van der Waals surface area contributed by atoms with Crippen molar-refractivity contribution in [3.8, 4) is 0 Å². The van der Waals surface area contributed by atoms with Crippen LogP contribution in [0.25, 0.3) is 11.8 Å². The Balaban J connectivity index is 1.76. The van der Waals surface area contributed by atoms with Gasteiger partial charge in [0.1, 0.15) is 0 Å². The van der Waals surface area contributed by atoms with Gasteiger partial charge < -0.3 is 4.90 Å². The molecule has 6 nitrogen and oxygen atoms in total. The van der Waals surface area contributed by atoms with Gasteiger partial charge in [-0.1, -0.05) is 29.8 Å². The highest BCUT2D eigenvalue weighted by Crippen LogP contribution is 2.36. The molecule has 0 bridgehead atoms. The minimum Gasteiger partial charge on any atom is -0.378 e. The number of hydrogen-bond acceptors (Lipinski definition) is 4. The monoisotopic (exact) mass is 425 g/mol. The Hall–Kier alpha value is -4.19. The standard InChI is InChI=1S/C26H23N3O3/c1-18-4-8-20(9-5-18)25-17-21(16-19-6-10-24(11-7-19)29(31)32)26(30)28(25)23-14-12-22(13-15-23)27(2)3/h4-17H,1-3H3/b21-16+. The van der Waals surface area contributed by atoms with Gasteiger partial charge in [-0.05, 0) is 66.6 Å². The van der Waals surface area contributed by atoms with Crippen molar-refractivity contribution in [1.29, 1.82) is 0 Å². The van der Waals surface area contributed by atoms with Crippen LogP contribution in [0, 0.1) is 17.0 Å². The third-order valence-electron chi connectivity index (χ3n) is 5.38. The van der Waals surface area contributed by atoms with E-state index >= 15 is 0 Å². The Kier molecular flexibility index (Phi) is 5.60. The van der Waals surface area contributed by atoms with Gasteiger partial charge in [-0.2, -0.15) is 0 Å². The maximum Gasteiger partial charge on any atom is 0.269 e. The molecular formula is C26H23N3O3. The van der Waals surface area contributed by atoms with Crippen LogP contribution in [-0.2, 0) is 4.79 Å². The third-order valence-corrected chi connectivity index (χ3v) is 5.38. The summed E-state index contributed by atoms with van der Waals surface area (Å²) in [5.74, 6) is -0.142. The van der Waals surface area contributed by atoms with Crippen molar-refractivity contribution in [2.24, 2.45) is 0 Å². The van der Waals surface area contributed by atoms with Crippen LogP contribution in [0.1, 0.15) is 16.7 Å². The molecule has 1 aliphatic heterocycles. The van der Waals surface area contributed by atoms with Gasteiger partial charge >= 0.3 is 0 Å². The van der Waals surface area contributed by atoms with Crippen LogP contribution in [-0.4, -0.2) is 24.9 Å². The predicted octanol–water partition coefficient (Wildman–Crippen LogP) is 5.44. The summed E-state index contributed by atoms with van der Waals surface area (Å²) in [6.45, 7) is 2.02. The summed E-state index contributed by atoms with van der Waals surface area (Å²) in [6, 6.07) is 22.0. The van der Waals surface area contributed by atoms with Gasteiger partial charge in [0.15, 0.2) is 0 Å². The molecule has 0 radical (unpaired) electrons. The van der Waals surface area contributed by atoms with Crippen molar-refractivity contribution in [2.75, 3.05) is 23.9 Å². The van der Waals surface area contributed by atoms with Gasteiger partial charge in [-0.3, -0.25) is 19.8 Å². The normalized spacial score (nSPS) is 14.6. The summed E-state index contributed by atoms with van der Waals surface area (Å²) in [5.41, 5.74) is 5.95. The highest BCUT2D eigenvalue weighted by atomic mass is 16.6. The average Bonchev–Trinajstić information content (AvgIpc) is 3.10. The molecule has 0 aromatic heterocycles. The zero-order valence-electron chi connectivity index (χ0n) is 18.1. The molecule has 0 fully saturated rings. The number of anilines is 2. The van der Waals surface area contributed by atoms with E-state index in [4.69, 9.17) is 0 Å². The molecule has 0 N–H and O–H groups in total. The maximum atomic E-state index is 13.4. The highest BCUT2D eigenvalue weighted by molar-refractivity contribution is 6.23. The molecule has 0 saturated heterocycles. The average molecular weight is 425 g/mol. The van der Waals surface area contributed by atoms with Crippen LogP contribution in [0.2, 0.25) is 0 Å². The summed E-state index contributed by atoms with van der Waals surface area (Å²) >= 11 is 0. The number of carbonyl (C=O) groups excluding carboxylic acids is 1. The highest BCUT2D eigenvalue weighted by Gasteiger charge is 2.30. The van der Waals surface area contributed by atoms with E-state index < -0.39 is 4.92 Å². The fourth-order valence-electron chi connectivity index (χ4n) is 3.58. The second kappa shape index (κ2) is 8.51. The molecule has 1 amide bonds. The SMILES string of the molecule is Cc1ccc(C2=C/C(=C\c3ccc([N+](=O)[O-])cc3)C(=O)N2c2ccc(N(C)C)cc2)cc1. The number of nitrogens with zero attached hydrogens (tertiary/aromatic N) is 3. The molecule has 0 aliphatic carbocycles. The zero-order valence-corrected chi connectivity index (χ0v) is 18.1. The minimum atomic E-state index is -0.438. The minimum absolute atomic E-state index is 0.0170. The van der Waals surface area contributed by atoms with E-state index in [9.17, 15) is 14.9 Å². The van der Waals surface area contributed by atoms with E-state index in [0.29, 0.717) is 5.57 Å². The molecular weight excluding hydrogens is 402 g/mol. The van der Waals surface area contributed by atoms with Gasteiger partial charge in [-0.15, -0.1) is 0 Å². The van der Waals surface area contributed by atoms with Crippen molar-refractivity contribution in [3.05, 3.63) is 111 Å². The lowest BCUT2D eigenvalue weighted by molar-refractivity contribution is -0.384. The van der Waals surface area contributed by atoms with Gasteiger partial charge in [0, 0.05) is 43.2 Å². The van der Waals surface area contributed by atoms with Crippen molar-refractivity contribution in [3.63, 3.8) is 0 Å². The van der Waals surface area contributed by atoms with Gasteiger partial charge in [-0.25, -0.2) is 0 Å². The number of rotatable bonds is 5. The summed E-state index contributed by atoms with van der Waals surface area (Å²) < 4.78 is 0. The number of nitro groups is 1. The molecule has 1 heterocycles. The Morgan fingerprint density at radius 2 is 1.53 bits per heavy atom. The third kappa shape index (κ3) is 4.16. The predicted molar refractivity (Wildman–Crippen MR) is 128 cm³/mol. The summed E-state index contributed by atoms with van der Waals surface area (Å²) in [5, 5.41) is 10.9. The van der Waals surface area contributed by atoms with Gasteiger partial charge in [0.25, 0.3) is 11.6 Å². The first-order chi connectivity index (χ1) is 15.3. The molecule has 6 heteroatoms. The van der Waals surface area contributed by atoms with Crippen LogP contribution in [0.3, 0.4) is 0 Å². The van der Waals surface area contributed by atoms with Gasteiger partial charge in [0.05, 0.1) is 10.6 Å². The second-order valence-electron chi connectivity index (χ2n) is 7.90. The number of nitro benzene ring substituents is 1. The second-order valence-corrected chi connectivity index (χ2v) is 7.90. The van der Waals surface area contributed by atoms with E-state index in [1.807, 2.05) is 80.5 Å². The molecule has 0 spiro atoms. The summed E-state index contributed by atoms with van der Waals surface area (Å²) in [6.07, 6.45) is 3.63. The lowest BCUT2D eigenvalue weighted by atomic mass is 10.1. The zero-order chi connectivity index (χ0) is 22.8. The van der Waals surface area contributed by atoms with Crippen LogP contribution in [0.5, 0.6) is 0 Å². The number of carbonyl (C=O) groups is 1. The maximum absolute atomic E-state index is 13.4. The van der Waals surface area contributed by atoms with Crippen LogP contribution in [0.4, 0.5) is 17.1 Å². The topological polar surface area (TPSA) is 66.7 Å². The summed E-state index contributed by atoms with van der Waals surface area (Å²) in [4.78, 5) is 27.6. The largest absolute Gasteiger partial charge is 0.378 e. The number of hydrogen-bond donors (Lipinski definition) is 0. The van der Waals surface area contributed by atoms with Crippen molar-refractivity contribution < 1.29 is 9.72 Å². The molecule has 0 atom stereocenters.